The van der Waals surface area contributed by atoms with Gasteiger partial charge in [0.25, 0.3) is 0 Å². The molecule has 2 heterocycles. The molecule has 5 nitrogen and oxygen atoms in total. The van der Waals surface area contributed by atoms with E-state index in [1.807, 2.05) is 0 Å². The van der Waals surface area contributed by atoms with E-state index in [9.17, 15) is 13.2 Å². The van der Waals surface area contributed by atoms with E-state index in [4.69, 9.17) is 0 Å². The molecule has 19 heavy (non-hydrogen) atoms. The van der Waals surface area contributed by atoms with Crippen molar-refractivity contribution in [2.45, 2.75) is 19.3 Å². The topological polar surface area (TPSA) is 47.7 Å². The van der Waals surface area contributed by atoms with E-state index >= 15 is 0 Å². The molecule has 0 unspecified atom stereocenters. The van der Waals surface area contributed by atoms with Crippen LogP contribution < -0.4 is 5.32 Å². The third-order valence-electron chi connectivity index (χ3n) is 2.56. The first kappa shape index (κ1) is 13.6. The zero-order chi connectivity index (χ0) is 14.0. The molecule has 0 saturated heterocycles. The number of nitrogens with one attached hydrogen (secondary N) is 1. The molecular weight excluding hydrogens is 259 g/mol. The third kappa shape index (κ3) is 3.34. The van der Waals surface area contributed by atoms with Crippen LogP contribution >= 0.6 is 0 Å². The quantitative estimate of drug-likeness (QED) is 0.917. The number of rotatable bonds is 4. The monoisotopic (exact) mass is 273 g/mol. The maximum absolute atomic E-state index is 12.7. The summed E-state index contributed by atoms with van der Waals surface area (Å²) in [7, 11) is 3.25. The lowest BCUT2D eigenvalue weighted by atomic mass is 10.2. The Labute approximate surface area is 108 Å². The van der Waals surface area contributed by atoms with Crippen LogP contribution in [0.1, 0.15) is 17.0 Å². The van der Waals surface area contributed by atoms with Crippen LogP contribution in [0, 0.1) is 0 Å². The maximum Gasteiger partial charge on any atom is 0.435 e. The summed E-state index contributed by atoms with van der Waals surface area (Å²) in [6, 6.07) is 1.81. The van der Waals surface area contributed by atoms with Crippen molar-refractivity contribution in [1.29, 1.82) is 0 Å². The van der Waals surface area contributed by atoms with Crippen LogP contribution in [0.2, 0.25) is 0 Å². The fourth-order valence-electron chi connectivity index (χ4n) is 1.79. The summed E-state index contributed by atoms with van der Waals surface area (Å²) in [5.74, 6) is 0. The summed E-state index contributed by atoms with van der Waals surface area (Å²) in [6.45, 7) is 0.506. The highest BCUT2D eigenvalue weighted by atomic mass is 19.4. The molecule has 0 aliphatic carbocycles. The normalized spacial score (nSPS) is 12.1. The number of hydrogen-bond acceptors (Lipinski definition) is 3. The Morgan fingerprint density at radius 2 is 1.89 bits per heavy atom. The summed E-state index contributed by atoms with van der Waals surface area (Å²) >= 11 is 0. The van der Waals surface area contributed by atoms with Gasteiger partial charge in [0.05, 0.1) is 5.69 Å². The minimum Gasteiger partial charge on any atom is -0.307 e. The lowest BCUT2D eigenvalue weighted by molar-refractivity contribution is -0.142. The van der Waals surface area contributed by atoms with Crippen molar-refractivity contribution in [1.82, 2.24) is 24.9 Å². The van der Waals surface area contributed by atoms with Gasteiger partial charge in [-0.15, -0.1) is 0 Å². The predicted octanol–water partition coefficient (Wildman–Crippen LogP) is 1.46. The smallest absolute Gasteiger partial charge is 0.307 e. The van der Waals surface area contributed by atoms with Gasteiger partial charge in [-0.05, 0) is 6.07 Å². The molecule has 0 aliphatic rings. The van der Waals surface area contributed by atoms with Gasteiger partial charge in [-0.25, -0.2) is 0 Å². The van der Waals surface area contributed by atoms with Crippen LogP contribution in [-0.4, -0.2) is 19.6 Å². The van der Waals surface area contributed by atoms with Crippen molar-refractivity contribution in [3.05, 3.63) is 35.4 Å². The average Bonchev–Trinajstić information content (AvgIpc) is 2.85. The van der Waals surface area contributed by atoms with Crippen LogP contribution in [0.5, 0.6) is 0 Å². The molecule has 0 saturated carbocycles. The largest absolute Gasteiger partial charge is 0.435 e. The SMILES string of the molecule is Cn1ccc(CNCc2cn(C)nc2C(F)(F)F)n1. The average molecular weight is 273 g/mol. The van der Waals surface area contributed by atoms with E-state index in [2.05, 4.69) is 15.5 Å². The highest BCUT2D eigenvalue weighted by Crippen LogP contribution is 2.30. The van der Waals surface area contributed by atoms with E-state index in [1.54, 1.807) is 24.0 Å². The third-order valence-corrected chi connectivity index (χ3v) is 2.56. The minimum atomic E-state index is -4.43. The Hall–Kier alpha value is -1.83. The van der Waals surface area contributed by atoms with Gasteiger partial charge in [0.15, 0.2) is 5.69 Å². The van der Waals surface area contributed by atoms with Crippen molar-refractivity contribution >= 4 is 0 Å². The molecule has 0 fully saturated rings. The van der Waals surface area contributed by atoms with Gasteiger partial charge in [-0.1, -0.05) is 0 Å². The number of aryl methyl sites for hydroxylation is 2. The highest BCUT2D eigenvalue weighted by molar-refractivity contribution is 5.19. The van der Waals surface area contributed by atoms with Crippen molar-refractivity contribution in [3.63, 3.8) is 0 Å². The van der Waals surface area contributed by atoms with E-state index in [1.165, 1.54) is 17.9 Å². The van der Waals surface area contributed by atoms with Gasteiger partial charge in [0, 0.05) is 45.1 Å². The van der Waals surface area contributed by atoms with Gasteiger partial charge in [-0.3, -0.25) is 9.36 Å². The Kier molecular flexibility index (Phi) is 3.61. The van der Waals surface area contributed by atoms with E-state index in [-0.39, 0.29) is 12.1 Å². The second-order valence-corrected chi connectivity index (χ2v) is 4.26. The molecule has 0 spiro atoms. The van der Waals surface area contributed by atoms with Crippen LogP contribution in [0.25, 0.3) is 0 Å². The summed E-state index contributed by atoms with van der Waals surface area (Å²) in [6.07, 6.45) is -1.28. The molecule has 2 aromatic rings. The Morgan fingerprint density at radius 3 is 2.47 bits per heavy atom. The molecule has 1 N–H and O–H groups in total. The first-order chi connectivity index (χ1) is 8.86. The van der Waals surface area contributed by atoms with E-state index in [0.717, 1.165) is 5.69 Å². The minimum absolute atomic E-state index is 0.0965. The molecule has 104 valence electrons. The van der Waals surface area contributed by atoms with Crippen LogP contribution in [-0.2, 0) is 33.4 Å². The fraction of sp³-hybridized carbons (Fsp3) is 0.455. The summed E-state index contributed by atoms with van der Waals surface area (Å²) in [5.41, 5.74) is 0.0643. The molecule has 0 amide bonds. The second-order valence-electron chi connectivity index (χ2n) is 4.26. The Bertz CT molecular complexity index is 555. The van der Waals surface area contributed by atoms with Crippen LogP contribution in [0.15, 0.2) is 18.5 Å². The molecule has 0 bridgehead atoms. The van der Waals surface area contributed by atoms with Crippen LogP contribution in [0.4, 0.5) is 13.2 Å². The van der Waals surface area contributed by atoms with Gasteiger partial charge >= 0.3 is 6.18 Å². The summed E-state index contributed by atoms with van der Waals surface area (Å²) in [4.78, 5) is 0. The Balaban J connectivity index is 2.00. The molecule has 0 atom stereocenters. The van der Waals surface area contributed by atoms with E-state index in [0.29, 0.717) is 6.54 Å². The standard InChI is InChI=1S/C11H14F3N5/c1-18-4-3-9(16-18)6-15-5-8-7-19(2)17-10(8)11(12,13)14/h3-4,7,15H,5-6H2,1-2H3. The van der Waals surface area contributed by atoms with Crippen molar-refractivity contribution in [2.75, 3.05) is 0 Å². The fourth-order valence-corrected chi connectivity index (χ4v) is 1.79. The lowest BCUT2D eigenvalue weighted by Gasteiger charge is -2.06. The molecule has 2 rings (SSSR count). The molecule has 0 radical (unpaired) electrons. The predicted molar refractivity (Wildman–Crippen MR) is 62.0 cm³/mol. The maximum atomic E-state index is 12.7. The zero-order valence-corrected chi connectivity index (χ0v) is 10.6. The molecular formula is C11H14F3N5. The highest BCUT2D eigenvalue weighted by Gasteiger charge is 2.36. The molecule has 0 aliphatic heterocycles. The molecule has 2 aromatic heterocycles. The van der Waals surface area contributed by atoms with Gasteiger partial charge in [0.2, 0.25) is 0 Å². The first-order valence-electron chi connectivity index (χ1n) is 5.65. The van der Waals surface area contributed by atoms with Gasteiger partial charge in [0.1, 0.15) is 0 Å². The van der Waals surface area contributed by atoms with Crippen molar-refractivity contribution in [2.24, 2.45) is 14.1 Å². The van der Waals surface area contributed by atoms with Crippen molar-refractivity contribution in [3.8, 4) is 0 Å². The molecule has 8 heteroatoms. The molecule has 0 aromatic carbocycles. The Morgan fingerprint density at radius 1 is 1.16 bits per heavy atom. The second kappa shape index (κ2) is 5.04. The first-order valence-corrected chi connectivity index (χ1v) is 5.65. The van der Waals surface area contributed by atoms with Crippen molar-refractivity contribution < 1.29 is 13.2 Å². The van der Waals surface area contributed by atoms with Gasteiger partial charge in [-0.2, -0.15) is 23.4 Å². The number of hydrogen-bond donors (Lipinski definition) is 1. The number of alkyl halides is 3. The number of aromatic nitrogens is 4. The number of nitrogens with zero attached hydrogens (tertiary/aromatic N) is 4. The van der Waals surface area contributed by atoms with E-state index < -0.39 is 11.9 Å². The summed E-state index contributed by atoms with van der Waals surface area (Å²) < 4.78 is 40.9. The summed E-state index contributed by atoms with van der Waals surface area (Å²) in [5, 5.41) is 10.5. The number of halogens is 3. The van der Waals surface area contributed by atoms with Gasteiger partial charge < -0.3 is 5.32 Å². The van der Waals surface area contributed by atoms with Crippen LogP contribution in [0.3, 0.4) is 0 Å². The lowest BCUT2D eigenvalue weighted by Crippen LogP contribution is -2.17. The zero-order valence-electron chi connectivity index (χ0n) is 10.6.